The van der Waals surface area contributed by atoms with Crippen molar-refractivity contribution in [1.82, 2.24) is 0 Å². The van der Waals surface area contributed by atoms with E-state index < -0.39 is 0 Å². The molecule has 0 saturated heterocycles. The molecule has 4 aliphatic carbocycles. The summed E-state index contributed by atoms with van der Waals surface area (Å²) in [7, 11) is 0. The van der Waals surface area contributed by atoms with Crippen molar-refractivity contribution >= 4 is 22.7 Å². The number of anilines is 4. The largest absolute Gasteiger partial charge is 0.453 e. The number of hydrogen-bond donors (Lipinski definition) is 0. The number of para-hydroxylation sites is 4. The first-order valence-corrected chi connectivity index (χ1v) is 18.4. The molecule has 3 unspecified atom stereocenters. The van der Waals surface area contributed by atoms with Gasteiger partial charge in [-0.2, -0.15) is 0 Å². The lowest BCUT2D eigenvalue weighted by molar-refractivity contribution is 0.418. The van der Waals surface area contributed by atoms with Gasteiger partial charge in [0.05, 0.1) is 22.5 Å². The molecule has 52 heavy (non-hydrogen) atoms. The molecule has 5 aliphatic rings. The molecule has 11 rings (SSSR count). The van der Waals surface area contributed by atoms with Gasteiger partial charge in [0.25, 0.3) is 0 Å². The van der Waals surface area contributed by atoms with Crippen LogP contribution in [0.15, 0.2) is 199 Å². The molecule has 0 fully saturated rings. The van der Waals surface area contributed by atoms with E-state index in [9.17, 15) is 0 Å². The van der Waals surface area contributed by atoms with Crippen LogP contribution in [0.1, 0.15) is 41.0 Å². The van der Waals surface area contributed by atoms with Crippen molar-refractivity contribution in [3.8, 4) is 16.9 Å². The fourth-order valence-electron chi connectivity index (χ4n) is 9.82. The summed E-state index contributed by atoms with van der Waals surface area (Å²) >= 11 is 0. The monoisotopic (exact) mass is 668 g/mol. The van der Waals surface area contributed by atoms with Crippen molar-refractivity contribution in [1.29, 1.82) is 0 Å². The second-order valence-corrected chi connectivity index (χ2v) is 14.3. The number of benzene rings is 6. The van der Waals surface area contributed by atoms with Crippen LogP contribution in [0.2, 0.25) is 0 Å². The Morgan fingerprint density at radius 2 is 1.33 bits per heavy atom. The van der Waals surface area contributed by atoms with Crippen LogP contribution >= 0.6 is 0 Å². The topological polar surface area (TPSA) is 15.7 Å². The molecule has 0 amide bonds. The molecule has 0 radical (unpaired) electrons. The molecule has 0 aromatic heterocycles. The Hall–Kier alpha value is -6.32. The van der Waals surface area contributed by atoms with Gasteiger partial charge in [-0.1, -0.05) is 127 Å². The summed E-state index contributed by atoms with van der Waals surface area (Å²) in [6, 6.07) is 55.5. The fraction of sp³-hybridized carbons (Fsp3) is 0.102. The second kappa shape index (κ2) is 11.3. The standard InChI is InChI=1S/C49H36N2O/c1-3-16-33(17-4-1)50(34-18-5-2-6-19-34)45-27-15-24-41-48(45)38-21-8-10-23-40(38)49(41)39-22-9-7-20-36(39)37-31-30-35(32-42(37)49)51-43-25-11-13-28-46(43)52-47-29-14-12-26-44(47)51/h1-11,13-25,27-32,37,42H,12,26H2. The molecule has 1 heterocycles. The molecule has 3 atom stereocenters. The SMILES string of the molecule is C1=CC2=C(CC1)N(C1=CC3C(C=C1)c1ccccc1C31c3ccccc3-c3c(N(c4ccccc4)c4ccccc4)cccc31)c1ccccc1O2. The van der Waals surface area contributed by atoms with Gasteiger partial charge in [0, 0.05) is 34.5 Å². The third-order valence-corrected chi connectivity index (χ3v) is 11.8. The first-order chi connectivity index (χ1) is 25.8. The Balaban J connectivity index is 1.18. The molecule has 248 valence electrons. The Bertz CT molecular complexity index is 2490. The summed E-state index contributed by atoms with van der Waals surface area (Å²) in [4.78, 5) is 4.91. The molecule has 6 aromatic carbocycles. The zero-order chi connectivity index (χ0) is 34.2. The van der Waals surface area contributed by atoms with Crippen molar-refractivity contribution in [2.24, 2.45) is 5.92 Å². The minimum Gasteiger partial charge on any atom is -0.453 e. The van der Waals surface area contributed by atoms with E-state index in [0.717, 1.165) is 41.4 Å². The average Bonchev–Trinajstić information content (AvgIpc) is 3.68. The molecule has 0 saturated carbocycles. The summed E-state index contributed by atoms with van der Waals surface area (Å²) in [5, 5.41) is 0. The van der Waals surface area contributed by atoms with Gasteiger partial charge >= 0.3 is 0 Å². The lowest BCUT2D eigenvalue weighted by Crippen LogP contribution is -2.35. The highest BCUT2D eigenvalue weighted by Gasteiger charge is 2.58. The highest BCUT2D eigenvalue weighted by Crippen LogP contribution is 2.67. The third-order valence-electron chi connectivity index (χ3n) is 11.8. The fourth-order valence-corrected chi connectivity index (χ4v) is 9.82. The van der Waals surface area contributed by atoms with Crippen LogP contribution < -0.4 is 14.5 Å². The van der Waals surface area contributed by atoms with Crippen LogP contribution in [0.4, 0.5) is 22.7 Å². The summed E-state index contributed by atoms with van der Waals surface area (Å²) in [6.07, 6.45) is 13.8. The van der Waals surface area contributed by atoms with Crippen LogP contribution in [0.25, 0.3) is 11.1 Å². The van der Waals surface area contributed by atoms with Crippen molar-refractivity contribution in [3.05, 3.63) is 221 Å². The van der Waals surface area contributed by atoms with E-state index in [2.05, 4.69) is 192 Å². The van der Waals surface area contributed by atoms with Gasteiger partial charge in [0.15, 0.2) is 5.75 Å². The van der Waals surface area contributed by atoms with Crippen molar-refractivity contribution in [2.45, 2.75) is 24.2 Å². The van der Waals surface area contributed by atoms with Crippen LogP contribution in [-0.2, 0) is 5.41 Å². The van der Waals surface area contributed by atoms with Gasteiger partial charge in [0.2, 0.25) is 0 Å². The quantitative estimate of drug-likeness (QED) is 0.186. The smallest absolute Gasteiger partial charge is 0.151 e. The van der Waals surface area contributed by atoms with E-state index in [4.69, 9.17) is 4.74 Å². The Morgan fingerprint density at radius 1 is 0.635 bits per heavy atom. The van der Waals surface area contributed by atoms with E-state index in [0.29, 0.717) is 0 Å². The molecule has 3 heteroatoms. The van der Waals surface area contributed by atoms with Gasteiger partial charge in [-0.05, 0) is 95.3 Å². The minimum atomic E-state index is -0.381. The van der Waals surface area contributed by atoms with E-state index in [-0.39, 0.29) is 17.3 Å². The molecule has 3 nitrogen and oxygen atoms in total. The summed E-state index contributed by atoms with van der Waals surface area (Å²) in [5.74, 6) is 2.24. The van der Waals surface area contributed by atoms with Gasteiger partial charge in [-0.25, -0.2) is 0 Å². The van der Waals surface area contributed by atoms with E-state index >= 15 is 0 Å². The van der Waals surface area contributed by atoms with E-state index in [1.54, 1.807) is 0 Å². The lowest BCUT2D eigenvalue weighted by atomic mass is 9.65. The average molecular weight is 669 g/mol. The van der Waals surface area contributed by atoms with Crippen LogP contribution in [0.3, 0.4) is 0 Å². The normalized spacial score (nSPS) is 21.4. The van der Waals surface area contributed by atoms with Crippen LogP contribution in [-0.4, -0.2) is 0 Å². The van der Waals surface area contributed by atoms with Crippen LogP contribution in [0.5, 0.6) is 5.75 Å². The Morgan fingerprint density at radius 3 is 2.15 bits per heavy atom. The molecule has 6 aromatic rings. The lowest BCUT2D eigenvalue weighted by Gasteiger charge is -2.40. The van der Waals surface area contributed by atoms with Gasteiger partial charge in [0.1, 0.15) is 5.76 Å². The predicted octanol–water partition coefficient (Wildman–Crippen LogP) is 12.1. The highest BCUT2D eigenvalue weighted by molar-refractivity contribution is 5.97. The molecule has 0 N–H and O–H groups in total. The maximum absolute atomic E-state index is 6.48. The highest BCUT2D eigenvalue weighted by atomic mass is 16.5. The first kappa shape index (κ1) is 29.4. The van der Waals surface area contributed by atoms with Crippen LogP contribution in [0, 0.1) is 5.92 Å². The van der Waals surface area contributed by atoms with Gasteiger partial charge < -0.3 is 14.5 Å². The molecular formula is C49H36N2O. The van der Waals surface area contributed by atoms with E-state index in [1.165, 1.54) is 50.5 Å². The summed E-state index contributed by atoms with van der Waals surface area (Å²) in [5.41, 5.74) is 14.8. The van der Waals surface area contributed by atoms with Crippen molar-refractivity contribution < 1.29 is 4.74 Å². The number of rotatable bonds is 4. The zero-order valence-electron chi connectivity index (χ0n) is 28.7. The number of nitrogens with zero attached hydrogens (tertiary/aromatic N) is 2. The maximum atomic E-state index is 6.48. The summed E-state index contributed by atoms with van der Waals surface area (Å²) in [6.45, 7) is 0. The second-order valence-electron chi connectivity index (χ2n) is 14.3. The van der Waals surface area contributed by atoms with E-state index in [1.807, 2.05) is 0 Å². The van der Waals surface area contributed by atoms with Crippen molar-refractivity contribution in [3.63, 3.8) is 0 Å². The number of hydrogen-bond acceptors (Lipinski definition) is 3. The first-order valence-electron chi connectivity index (χ1n) is 18.4. The number of ether oxygens (including phenoxy) is 1. The molecule has 1 aliphatic heterocycles. The Labute approximate surface area is 304 Å². The maximum Gasteiger partial charge on any atom is 0.151 e. The number of fused-ring (bicyclic) bond motifs is 11. The predicted molar refractivity (Wildman–Crippen MR) is 211 cm³/mol. The van der Waals surface area contributed by atoms with Gasteiger partial charge in [-0.15, -0.1) is 0 Å². The van der Waals surface area contributed by atoms with Crippen molar-refractivity contribution in [2.75, 3.05) is 9.80 Å². The number of allylic oxidation sites excluding steroid dienone is 6. The Kier molecular flexibility index (Phi) is 6.42. The van der Waals surface area contributed by atoms with Gasteiger partial charge in [-0.3, -0.25) is 0 Å². The third kappa shape index (κ3) is 4.02. The molecule has 1 spiro atoms. The molecule has 0 bridgehead atoms. The molecular weight excluding hydrogens is 633 g/mol. The zero-order valence-corrected chi connectivity index (χ0v) is 28.7. The minimum absolute atomic E-state index is 0.155. The summed E-state index contributed by atoms with van der Waals surface area (Å²) < 4.78 is 6.48.